The van der Waals surface area contributed by atoms with E-state index in [9.17, 15) is 8.42 Å². The van der Waals surface area contributed by atoms with Crippen molar-refractivity contribution in [2.45, 2.75) is 49.0 Å². The molecule has 23 heavy (non-hydrogen) atoms. The molecule has 6 heteroatoms. The molecular weight excluding hydrogens is 346 g/mol. The van der Waals surface area contributed by atoms with E-state index >= 15 is 0 Å². The van der Waals surface area contributed by atoms with Crippen molar-refractivity contribution in [2.24, 2.45) is 3.77 Å². The molecule has 0 aromatic heterocycles. The molecule has 2 aliphatic rings. The molecule has 3 nitrogen and oxygen atoms in total. The zero-order valence-electron chi connectivity index (χ0n) is 13.5. The summed E-state index contributed by atoms with van der Waals surface area (Å²) in [5, 5.41) is 4.76. The van der Waals surface area contributed by atoms with Gasteiger partial charge in [0, 0.05) is 10.5 Å². The van der Waals surface area contributed by atoms with Crippen LogP contribution in [0, 0.1) is 6.92 Å². The van der Waals surface area contributed by atoms with Crippen molar-refractivity contribution in [2.75, 3.05) is 0 Å². The Labute approximate surface area is 145 Å². The molecule has 0 bridgehead atoms. The van der Waals surface area contributed by atoms with Gasteiger partial charge in [-0.25, -0.2) is 0 Å². The Morgan fingerprint density at radius 2 is 1.74 bits per heavy atom. The molecule has 0 saturated carbocycles. The van der Waals surface area contributed by atoms with Crippen molar-refractivity contribution >= 4 is 32.5 Å². The Hall–Kier alpha value is -0.850. The zero-order chi connectivity index (χ0) is 16.6. The van der Waals surface area contributed by atoms with Gasteiger partial charge in [0.1, 0.15) is 0 Å². The highest BCUT2D eigenvalue weighted by Crippen LogP contribution is 2.39. The topological polar surface area (TPSA) is 46.5 Å². The van der Waals surface area contributed by atoms with Crippen LogP contribution in [0.15, 0.2) is 54.9 Å². The van der Waals surface area contributed by atoms with Gasteiger partial charge in [-0.05, 0) is 56.6 Å². The lowest BCUT2D eigenvalue weighted by molar-refractivity contribution is 0.598. The van der Waals surface area contributed by atoms with Crippen molar-refractivity contribution in [3.63, 3.8) is 0 Å². The average molecular weight is 368 g/mol. The number of nitrogens with zero attached hydrogens (tertiary/aromatic N) is 1. The first-order valence-electron chi connectivity index (χ1n) is 7.61. The number of hydrogen-bond donors (Lipinski definition) is 0. The standard InChI is InChI=1S/C17H21NO2S3/c1-12-4-6-15(7-5-12)23(19,20)18-22-9-8-21-16-10-13(2)14(3)11-17(16)22/h4-9,16-17H,10-11H2,1-3H3. The molecule has 0 amide bonds. The molecule has 0 radical (unpaired) electrons. The Morgan fingerprint density at radius 1 is 1.09 bits per heavy atom. The number of thioether (sulfide) groups is 1. The monoisotopic (exact) mass is 367 g/mol. The Bertz CT molecular complexity index is 805. The minimum atomic E-state index is -3.60. The molecule has 0 N–H and O–H groups in total. The molecule has 124 valence electrons. The van der Waals surface area contributed by atoms with Crippen LogP contribution in [0.4, 0.5) is 0 Å². The smallest absolute Gasteiger partial charge is 0.199 e. The van der Waals surface area contributed by atoms with Crippen LogP contribution in [0.3, 0.4) is 0 Å². The van der Waals surface area contributed by atoms with E-state index < -0.39 is 20.7 Å². The highest BCUT2D eigenvalue weighted by molar-refractivity contribution is 8.07. The summed E-state index contributed by atoms with van der Waals surface area (Å²) in [5.74, 6) is 0. The Morgan fingerprint density at radius 3 is 2.43 bits per heavy atom. The van der Waals surface area contributed by atoms with E-state index in [1.807, 2.05) is 41.6 Å². The van der Waals surface area contributed by atoms with Gasteiger partial charge in [0.05, 0.1) is 4.90 Å². The first-order valence-corrected chi connectivity index (χ1v) is 11.3. The summed E-state index contributed by atoms with van der Waals surface area (Å²) in [6, 6.07) is 6.93. The summed E-state index contributed by atoms with van der Waals surface area (Å²) in [6.07, 6.45) is 1.99. The molecule has 1 heterocycles. The van der Waals surface area contributed by atoms with Gasteiger partial charge >= 0.3 is 0 Å². The number of rotatable bonds is 2. The van der Waals surface area contributed by atoms with Crippen LogP contribution in [-0.4, -0.2) is 18.9 Å². The van der Waals surface area contributed by atoms with E-state index in [4.69, 9.17) is 0 Å². The van der Waals surface area contributed by atoms with Crippen LogP contribution in [0.2, 0.25) is 0 Å². The highest BCUT2D eigenvalue weighted by Gasteiger charge is 2.33. The lowest BCUT2D eigenvalue weighted by Gasteiger charge is -2.34. The van der Waals surface area contributed by atoms with Gasteiger partial charge in [0.25, 0.3) is 10.0 Å². The van der Waals surface area contributed by atoms with Gasteiger partial charge < -0.3 is 0 Å². The molecule has 3 unspecified atom stereocenters. The summed E-state index contributed by atoms with van der Waals surface area (Å²) < 4.78 is 29.5. The van der Waals surface area contributed by atoms with Crippen LogP contribution >= 0.6 is 11.8 Å². The summed E-state index contributed by atoms with van der Waals surface area (Å²) in [7, 11) is -4.17. The molecule has 0 saturated heterocycles. The molecule has 1 aromatic rings. The van der Waals surface area contributed by atoms with Gasteiger partial charge in [0.15, 0.2) is 0 Å². The molecule has 3 atom stereocenters. The molecule has 1 aliphatic heterocycles. The number of allylic oxidation sites excluding steroid dienone is 2. The average Bonchev–Trinajstić information content (AvgIpc) is 2.49. The highest BCUT2D eigenvalue weighted by atomic mass is 32.3. The molecule has 3 rings (SSSR count). The van der Waals surface area contributed by atoms with Gasteiger partial charge in [0.2, 0.25) is 0 Å². The van der Waals surface area contributed by atoms with E-state index in [1.165, 1.54) is 11.1 Å². The lowest BCUT2D eigenvalue weighted by atomic mass is 9.93. The van der Waals surface area contributed by atoms with E-state index in [-0.39, 0.29) is 4.90 Å². The first-order chi connectivity index (χ1) is 10.9. The third kappa shape index (κ3) is 3.64. The van der Waals surface area contributed by atoms with Crippen LogP contribution in [0.5, 0.6) is 0 Å². The third-order valence-corrected chi connectivity index (χ3v) is 9.77. The number of benzene rings is 1. The Kier molecular flexibility index (Phi) is 4.85. The number of aryl methyl sites for hydroxylation is 1. The molecule has 0 spiro atoms. The minimum absolute atomic E-state index is 0.290. The summed E-state index contributed by atoms with van der Waals surface area (Å²) in [5.41, 5.74) is 3.88. The van der Waals surface area contributed by atoms with E-state index in [0.29, 0.717) is 10.5 Å². The van der Waals surface area contributed by atoms with E-state index in [1.54, 1.807) is 12.1 Å². The van der Waals surface area contributed by atoms with E-state index in [0.717, 1.165) is 18.4 Å². The second-order valence-electron chi connectivity index (χ2n) is 6.16. The molecule has 0 fully saturated rings. The maximum absolute atomic E-state index is 12.6. The van der Waals surface area contributed by atoms with Gasteiger partial charge in [-0.1, -0.05) is 39.5 Å². The second kappa shape index (κ2) is 6.57. The molecular formula is C17H21NO2S3. The summed E-state index contributed by atoms with van der Waals surface area (Å²) >= 11 is 1.82. The third-order valence-electron chi connectivity index (χ3n) is 4.42. The van der Waals surface area contributed by atoms with Crippen LogP contribution in [0.1, 0.15) is 32.3 Å². The van der Waals surface area contributed by atoms with Gasteiger partial charge in [-0.3, -0.25) is 0 Å². The predicted molar refractivity (Wildman–Crippen MR) is 100 cm³/mol. The SMILES string of the molecule is CC1=C(C)CC2C(C1)SC=C/S2=N/S(=O)(=O)c1ccc(C)cc1. The second-order valence-corrected chi connectivity index (χ2v) is 10.9. The van der Waals surface area contributed by atoms with Crippen molar-refractivity contribution < 1.29 is 8.42 Å². The maximum Gasteiger partial charge on any atom is 0.288 e. The van der Waals surface area contributed by atoms with E-state index in [2.05, 4.69) is 17.6 Å². The number of sulfonamides is 1. The van der Waals surface area contributed by atoms with Crippen LogP contribution in [0.25, 0.3) is 0 Å². The van der Waals surface area contributed by atoms with Gasteiger partial charge in [-0.15, -0.1) is 15.5 Å². The summed E-state index contributed by atoms with van der Waals surface area (Å²) in [6.45, 7) is 6.29. The predicted octanol–water partition coefficient (Wildman–Crippen LogP) is 4.57. The van der Waals surface area contributed by atoms with Crippen molar-refractivity contribution in [3.05, 3.63) is 51.8 Å². The quantitative estimate of drug-likeness (QED) is 0.719. The van der Waals surface area contributed by atoms with Gasteiger partial charge in [-0.2, -0.15) is 8.42 Å². The normalized spacial score (nSPS) is 28.0. The molecule has 1 aromatic carbocycles. The number of fused-ring (bicyclic) bond motifs is 1. The number of hydrogen-bond acceptors (Lipinski definition) is 3. The lowest BCUT2D eigenvalue weighted by Crippen LogP contribution is -2.33. The van der Waals surface area contributed by atoms with Crippen LogP contribution < -0.4 is 0 Å². The van der Waals surface area contributed by atoms with Crippen molar-refractivity contribution in [1.29, 1.82) is 0 Å². The first kappa shape index (κ1) is 17.0. The largest absolute Gasteiger partial charge is 0.288 e. The molecule has 1 aliphatic carbocycles. The maximum atomic E-state index is 12.6. The zero-order valence-corrected chi connectivity index (χ0v) is 16.0. The van der Waals surface area contributed by atoms with Crippen molar-refractivity contribution in [1.82, 2.24) is 0 Å². The van der Waals surface area contributed by atoms with Crippen LogP contribution in [-0.2, 0) is 20.7 Å². The fourth-order valence-electron chi connectivity index (χ4n) is 2.83. The van der Waals surface area contributed by atoms with Crippen molar-refractivity contribution in [3.8, 4) is 0 Å². The summed E-state index contributed by atoms with van der Waals surface area (Å²) in [4.78, 5) is 0.290. The Balaban J connectivity index is 1.96. The fourth-order valence-corrected chi connectivity index (χ4v) is 8.30. The minimum Gasteiger partial charge on any atom is -0.199 e. The fraction of sp³-hybridized carbons (Fsp3) is 0.412.